The molecule has 0 aliphatic heterocycles. The summed E-state index contributed by atoms with van der Waals surface area (Å²) in [7, 11) is 1.60. The Hall–Kier alpha value is -3.11. The number of benzene rings is 3. The van der Waals surface area contributed by atoms with Gasteiger partial charge in [-0.05, 0) is 35.7 Å². The molecule has 0 fully saturated rings. The van der Waals surface area contributed by atoms with Gasteiger partial charge in [0.25, 0.3) is 0 Å². The molecule has 4 nitrogen and oxygen atoms in total. The molecule has 1 atom stereocenters. The Kier molecular flexibility index (Phi) is 7.85. The normalized spacial score (nSPS) is 11.6. The van der Waals surface area contributed by atoms with Crippen LogP contribution in [0.5, 0.6) is 0 Å². The molecule has 160 valence electrons. The second-order valence-corrected chi connectivity index (χ2v) is 8.07. The van der Waals surface area contributed by atoms with E-state index in [1.54, 1.807) is 24.1 Å². The summed E-state index contributed by atoms with van der Waals surface area (Å²) < 4.78 is 0. The van der Waals surface area contributed by atoms with Gasteiger partial charge in [-0.15, -0.1) is 0 Å². The van der Waals surface area contributed by atoms with E-state index in [0.717, 1.165) is 22.3 Å². The second kappa shape index (κ2) is 10.8. The van der Waals surface area contributed by atoms with Crippen molar-refractivity contribution in [2.75, 3.05) is 7.05 Å². The minimum Gasteiger partial charge on any atom is -0.357 e. The summed E-state index contributed by atoms with van der Waals surface area (Å²) in [5.41, 5.74) is 3.95. The zero-order valence-corrected chi connectivity index (χ0v) is 18.6. The van der Waals surface area contributed by atoms with E-state index < -0.39 is 6.04 Å². The van der Waals surface area contributed by atoms with Crippen molar-refractivity contribution in [3.8, 4) is 0 Å². The molecule has 31 heavy (non-hydrogen) atoms. The summed E-state index contributed by atoms with van der Waals surface area (Å²) in [5, 5.41) is 3.37. The van der Waals surface area contributed by atoms with E-state index in [4.69, 9.17) is 11.6 Å². The fraction of sp³-hybridized carbons (Fsp3) is 0.231. The van der Waals surface area contributed by atoms with Gasteiger partial charge in [0.1, 0.15) is 6.04 Å². The zero-order valence-electron chi connectivity index (χ0n) is 17.8. The van der Waals surface area contributed by atoms with Crippen molar-refractivity contribution in [2.24, 2.45) is 0 Å². The molecular weight excluding hydrogens is 408 g/mol. The number of halogens is 1. The molecule has 3 rings (SSSR count). The third kappa shape index (κ3) is 6.43. The Labute approximate surface area is 188 Å². The third-order valence-electron chi connectivity index (χ3n) is 5.22. The highest BCUT2D eigenvalue weighted by atomic mass is 35.5. The Bertz CT molecular complexity index is 1020. The Morgan fingerprint density at radius 2 is 1.58 bits per heavy atom. The molecular formula is C26H27ClN2O2. The van der Waals surface area contributed by atoms with Crippen molar-refractivity contribution in [1.82, 2.24) is 10.2 Å². The van der Waals surface area contributed by atoms with Crippen molar-refractivity contribution < 1.29 is 9.59 Å². The van der Waals surface area contributed by atoms with Gasteiger partial charge in [0.2, 0.25) is 11.8 Å². The summed E-state index contributed by atoms with van der Waals surface area (Å²) >= 11 is 6.03. The molecule has 0 radical (unpaired) electrons. The van der Waals surface area contributed by atoms with Crippen LogP contribution in [-0.4, -0.2) is 29.8 Å². The molecule has 3 aromatic carbocycles. The fourth-order valence-electron chi connectivity index (χ4n) is 3.61. The van der Waals surface area contributed by atoms with Crippen LogP contribution < -0.4 is 5.32 Å². The predicted octanol–water partition coefficient (Wildman–Crippen LogP) is 4.58. The van der Waals surface area contributed by atoms with Gasteiger partial charge in [-0.3, -0.25) is 9.59 Å². The van der Waals surface area contributed by atoms with Crippen molar-refractivity contribution >= 4 is 23.4 Å². The van der Waals surface area contributed by atoms with Crippen LogP contribution in [0.3, 0.4) is 0 Å². The van der Waals surface area contributed by atoms with E-state index >= 15 is 0 Å². The van der Waals surface area contributed by atoms with Gasteiger partial charge in [-0.1, -0.05) is 83.9 Å². The van der Waals surface area contributed by atoms with E-state index in [1.807, 2.05) is 73.7 Å². The van der Waals surface area contributed by atoms with Crippen LogP contribution in [0.25, 0.3) is 0 Å². The molecule has 1 N–H and O–H groups in total. The summed E-state index contributed by atoms with van der Waals surface area (Å²) in [6.45, 7) is 2.33. The summed E-state index contributed by atoms with van der Waals surface area (Å²) in [4.78, 5) is 28.0. The van der Waals surface area contributed by atoms with E-state index in [-0.39, 0.29) is 18.2 Å². The standard InChI is InChI=1S/C26H27ClN2O2/c1-19-7-6-10-22(15-19)17-25(30)29(18-21-11-13-23(27)14-12-21)24(26(31)28-2)16-20-8-4-3-5-9-20/h3-15,24H,16-18H2,1-2H3,(H,28,31)/t24-/m1/s1. The van der Waals surface area contributed by atoms with Crippen LogP contribution in [-0.2, 0) is 29.0 Å². The summed E-state index contributed by atoms with van der Waals surface area (Å²) in [6.07, 6.45) is 0.672. The largest absolute Gasteiger partial charge is 0.357 e. The summed E-state index contributed by atoms with van der Waals surface area (Å²) in [5.74, 6) is -0.277. The SMILES string of the molecule is CNC(=O)[C@@H](Cc1ccccc1)N(Cc1ccc(Cl)cc1)C(=O)Cc1cccc(C)c1. The quantitative estimate of drug-likeness (QED) is 0.564. The number of aryl methyl sites for hydroxylation is 1. The zero-order chi connectivity index (χ0) is 22.2. The van der Waals surface area contributed by atoms with Crippen LogP contribution >= 0.6 is 11.6 Å². The molecule has 0 aliphatic carbocycles. The first-order chi connectivity index (χ1) is 15.0. The minimum atomic E-state index is -0.625. The molecule has 0 unspecified atom stereocenters. The van der Waals surface area contributed by atoms with Gasteiger partial charge < -0.3 is 10.2 Å². The highest BCUT2D eigenvalue weighted by molar-refractivity contribution is 6.30. The van der Waals surface area contributed by atoms with Gasteiger partial charge in [0, 0.05) is 25.0 Å². The first-order valence-corrected chi connectivity index (χ1v) is 10.7. The number of hydrogen-bond donors (Lipinski definition) is 1. The monoisotopic (exact) mass is 434 g/mol. The molecule has 5 heteroatoms. The van der Waals surface area contributed by atoms with Crippen molar-refractivity contribution in [3.63, 3.8) is 0 Å². The smallest absolute Gasteiger partial charge is 0.242 e. The maximum atomic E-state index is 13.5. The maximum Gasteiger partial charge on any atom is 0.242 e. The van der Waals surface area contributed by atoms with Crippen molar-refractivity contribution in [2.45, 2.75) is 32.4 Å². The lowest BCUT2D eigenvalue weighted by atomic mass is 10.0. The van der Waals surface area contributed by atoms with Gasteiger partial charge in [0.15, 0.2) is 0 Å². The molecule has 3 aromatic rings. The van der Waals surface area contributed by atoms with Crippen LogP contribution in [0.2, 0.25) is 5.02 Å². The number of carbonyl (C=O) groups excluding carboxylic acids is 2. The lowest BCUT2D eigenvalue weighted by Gasteiger charge is -2.31. The van der Waals surface area contributed by atoms with Gasteiger partial charge in [-0.2, -0.15) is 0 Å². The Balaban J connectivity index is 1.93. The average molecular weight is 435 g/mol. The lowest BCUT2D eigenvalue weighted by Crippen LogP contribution is -2.50. The molecule has 0 aliphatic rings. The van der Waals surface area contributed by atoms with Gasteiger partial charge in [0.05, 0.1) is 6.42 Å². The molecule has 0 aromatic heterocycles. The van der Waals surface area contributed by atoms with Crippen molar-refractivity contribution in [1.29, 1.82) is 0 Å². The first-order valence-electron chi connectivity index (χ1n) is 10.3. The number of rotatable bonds is 8. The average Bonchev–Trinajstić information content (AvgIpc) is 2.77. The minimum absolute atomic E-state index is 0.0925. The molecule has 0 heterocycles. The topological polar surface area (TPSA) is 49.4 Å². The number of nitrogens with one attached hydrogen (secondary N) is 1. The van der Waals surface area contributed by atoms with E-state index in [0.29, 0.717) is 18.0 Å². The highest BCUT2D eigenvalue weighted by Gasteiger charge is 2.29. The van der Waals surface area contributed by atoms with Gasteiger partial charge in [-0.25, -0.2) is 0 Å². The maximum absolute atomic E-state index is 13.5. The molecule has 0 spiro atoms. The second-order valence-electron chi connectivity index (χ2n) is 7.63. The molecule has 2 amide bonds. The number of amides is 2. The van der Waals surface area contributed by atoms with Crippen LogP contribution in [0, 0.1) is 6.92 Å². The number of carbonyl (C=O) groups is 2. The van der Waals surface area contributed by atoms with Crippen molar-refractivity contribution in [3.05, 3.63) is 106 Å². The van der Waals surface area contributed by atoms with Crippen LogP contribution in [0.15, 0.2) is 78.9 Å². The van der Waals surface area contributed by atoms with E-state index in [2.05, 4.69) is 5.32 Å². The number of hydrogen-bond acceptors (Lipinski definition) is 2. The lowest BCUT2D eigenvalue weighted by molar-refractivity contribution is -0.140. The Morgan fingerprint density at radius 1 is 0.903 bits per heavy atom. The van der Waals surface area contributed by atoms with Crippen LogP contribution in [0.4, 0.5) is 0 Å². The molecule has 0 saturated carbocycles. The van der Waals surface area contributed by atoms with Gasteiger partial charge >= 0.3 is 0 Å². The predicted molar refractivity (Wildman–Crippen MR) is 125 cm³/mol. The number of likely N-dealkylation sites (N-methyl/N-ethyl adjacent to an activating group) is 1. The summed E-state index contributed by atoms with van der Waals surface area (Å²) in [6, 6.07) is 24.4. The van der Waals surface area contributed by atoms with E-state index in [9.17, 15) is 9.59 Å². The molecule has 0 bridgehead atoms. The fourth-order valence-corrected chi connectivity index (χ4v) is 3.73. The van der Waals surface area contributed by atoms with Crippen LogP contribution in [0.1, 0.15) is 22.3 Å². The molecule has 0 saturated heterocycles. The first kappa shape index (κ1) is 22.6. The highest BCUT2D eigenvalue weighted by Crippen LogP contribution is 2.18. The van der Waals surface area contributed by atoms with E-state index in [1.165, 1.54) is 0 Å². The Morgan fingerprint density at radius 3 is 2.23 bits per heavy atom. The number of nitrogens with zero attached hydrogens (tertiary/aromatic N) is 1. The third-order valence-corrected chi connectivity index (χ3v) is 5.47.